The summed E-state index contributed by atoms with van der Waals surface area (Å²) in [5.74, 6) is -0.909. The molecule has 0 amide bonds. The maximum Gasteiger partial charge on any atom is 0.306 e. The molecule has 1 unspecified atom stereocenters. The van der Waals surface area contributed by atoms with Gasteiger partial charge in [-0.2, -0.15) is 0 Å². The summed E-state index contributed by atoms with van der Waals surface area (Å²) in [6, 6.07) is 0. The Hall–Kier alpha value is -2.11. The molecule has 6 nitrogen and oxygen atoms in total. The highest BCUT2D eigenvalue weighted by Gasteiger charge is 2.19. The van der Waals surface area contributed by atoms with Crippen molar-refractivity contribution in [2.75, 3.05) is 13.2 Å². The Balaban J connectivity index is 4.24. The van der Waals surface area contributed by atoms with E-state index in [4.69, 9.17) is 14.2 Å². The molecular formula is C49H90O6. The number of esters is 3. The summed E-state index contributed by atoms with van der Waals surface area (Å²) in [6.07, 6.45) is 48.9. The fourth-order valence-electron chi connectivity index (χ4n) is 6.89. The first-order chi connectivity index (χ1) is 27.0. The van der Waals surface area contributed by atoms with Crippen LogP contribution in [0.2, 0.25) is 0 Å². The predicted molar refractivity (Wildman–Crippen MR) is 233 cm³/mol. The van der Waals surface area contributed by atoms with Crippen LogP contribution in [0.3, 0.4) is 0 Å². The number of hydrogen-bond donors (Lipinski definition) is 0. The van der Waals surface area contributed by atoms with Gasteiger partial charge in [0.2, 0.25) is 0 Å². The van der Waals surface area contributed by atoms with E-state index < -0.39 is 6.10 Å². The topological polar surface area (TPSA) is 78.9 Å². The van der Waals surface area contributed by atoms with E-state index >= 15 is 0 Å². The fraction of sp³-hybridized carbons (Fsp3) is 0.857. The molecule has 0 radical (unpaired) electrons. The maximum absolute atomic E-state index is 12.7. The molecule has 0 saturated heterocycles. The summed E-state index contributed by atoms with van der Waals surface area (Å²) in [7, 11) is 0. The van der Waals surface area contributed by atoms with Gasteiger partial charge in [-0.05, 0) is 44.9 Å². The standard InChI is InChI=1S/C49H90O6/c1-4-7-10-13-16-19-21-22-23-24-25-26-27-28-31-33-36-39-42-48(51)54-45-46(44-53-47(50)41-38-35-32-29-18-15-12-9-6-3)55-49(52)43-40-37-34-30-20-17-14-11-8-5-2/h9,12,18,29,46H,4-8,10-11,13-17,19-28,30-45H2,1-3H3/b12-9-,29-18-. The second-order valence-corrected chi connectivity index (χ2v) is 16.0. The average molecular weight is 775 g/mol. The van der Waals surface area contributed by atoms with Crippen molar-refractivity contribution in [1.29, 1.82) is 0 Å². The zero-order valence-corrected chi connectivity index (χ0v) is 36.7. The van der Waals surface area contributed by atoms with Gasteiger partial charge in [-0.1, -0.05) is 212 Å². The Kier molecular flexibility index (Phi) is 42.9. The van der Waals surface area contributed by atoms with Crippen molar-refractivity contribution in [3.8, 4) is 0 Å². The molecule has 0 aromatic rings. The van der Waals surface area contributed by atoms with Gasteiger partial charge in [0.1, 0.15) is 13.2 Å². The van der Waals surface area contributed by atoms with Crippen molar-refractivity contribution in [1.82, 2.24) is 0 Å². The lowest BCUT2D eigenvalue weighted by Gasteiger charge is -2.18. The van der Waals surface area contributed by atoms with Crippen LogP contribution in [-0.4, -0.2) is 37.2 Å². The van der Waals surface area contributed by atoms with Gasteiger partial charge in [-0.15, -0.1) is 0 Å². The largest absolute Gasteiger partial charge is 0.462 e. The molecule has 0 bridgehead atoms. The summed E-state index contributed by atoms with van der Waals surface area (Å²) in [5.41, 5.74) is 0. The minimum Gasteiger partial charge on any atom is -0.462 e. The molecule has 0 N–H and O–H groups in total. The Morgan fingerprint density at radius 2 is 0.709 bits per heavy atom. The number of hydrogen-bond acceptors (Lipinski definition) is 6. The van der Waals surface area contributed by atoms with Crippen molar-refractivity contribution in [3.63, 3.8) is 0 Å². The fourth-order valence-corrected chi connectivity index (χ4v) is 6.89. The van der Waals surface area contributed by atoms with E-state index in [0.717, 1.165) is 70.6 Å². The molecule has 55 heavy (non-hydrogen) atoms. The first-order valence-corrected chi connectivity index (χ1v) is 23.8. The van der Waals surface area contributed by atoms with Crippen molar-refractivity contribution in [2.24, 2.45) is 0 Å². The van der Waals surface area contributed by atoms with Crippen molar-refractivity contribution < 1.29 is 28.6 Å². The van der Waals surface area contributed by atoms with E-state index in [-0.39, 0.29) is 31.1 Å². The maximum atomic E-state index is 12.7. The third-order valence-corrected chi connectivity index (χ3v) is 10.5. The number of unbranched alkanes of at least 4 members (excludes halogenated alkanes) is 28. The molecule has 0 saturated carbocycles. The number of carbonyl (C=O) groups excluding carboxylic acids is 3. The Morgan fingerprint density at radius 1 is 0.382 bits per heavy atom. The minimum absolute atomic E-state index is 0.0772. The quantitative estimate of drug-likeness (QED) is 0.0266. The van der Waals surface area contributed by atoms with E-state index in [2.05, 4.69) is 45.1 Å². The molecule has 0 heterocycles. The van der Waals surface area contributed by atoms with E-state index in [1.807, 2.05) is 0 Å². The summed E-state index contributed by atoms with van der Waals surface area (Å²) >= 11 is 0. The van der Waals surface area contributed by atoms with Gasteiger partial charge < -0.3 is 14.2 Å². The van der Waals surface area contributed by atoms with E-state index in [1.54, 1.807) is 0 Å². The van der Waals surface area contributed by atoms with Crippen LogP contribution < -0.4 is 0 Å². The highest BCUT2D eigenvalue weighted by Crippen LogP contribution is 2.16. The van der Waals surface area contributed by atoms with Crippen LogP contribution in [0, 0.1) is 0 Å². The van der Waals surface area contributed by atoms with Gasteiger partial charge in [-0.3, -0.25) is 14.4 Å². The van der Waals surface area contributed by atoms with Gasteiger partial charge in [-0.25, -0.2) is 0 Å². The lowest BCUT2D eigenvalue weighted by Crippen LogP contribution is -2.30. The summed E-state index contributed by atoms with van der Waals surface area (Å²) < 4.78 is 16.7. The van der Waals surface area contributed by atoms with E-state index in [0.29, 0.717) is 19.3 Å². The number of ether oxygens (including phenoxy) is 3. The second kappa shape index (κ2) is 44.6. The molecule has 0 spiro atoms. The molecule has 0 aliphatic carbocycles. The third kappa shape index (κ3) is 42.9. The molecule has 6 heteroatoms. The molecule has 0 aromatic heterocycles. The van der Waals surface area contributed by atoms with Crippen LogP contribution in [0.15, 0.2) is 24.3 Å². The lowest BCUT2D eigenvalue weighted by molar-refractivity contribution is -0.167. The van der Waals surface area contributed by atoms with Gasteiger partial charge in [0.15, 0.2) is 6.10 Å². The predicted octanol–water partition coefficient (Wildman–Crippen LogP) is 15.2. The van der Waals surface area contributed by atoms with Crippen LogP contribution in [-0.2, 0) is 28.6 Å². The molecule has 0 fully saturated rings. The summed E-state index contributed by atoms with van der Waals surface area (Å²) in [6.45, 7) is 6.49. The van der Waals surface area contributed by atoms with Crippen molar-refractivity contribution in [3.05, 3.63) is 24.3 Å². The molecule has 0 rings (SSSR count). The van der Waals surface area contributed by atoms with Crippen molar-refractivity contribution in [2.45, 2.75) is 258 Å². The Bertz CT molecular complexity index is 896. The minimum atomic E-state index is -0.775. The zero-order valence-electron chi connectivity index (χ0n) is 36.7. The van der Waals surface area contributed by atoms with E-state index in [9.17, 15) is 14.4 Å². The van der Waals surface area contributed by atoms with Crippen molar-refractivity contribution >= 4 is 17.9 Å². The smallest absolute Gasteiger partial charge is 0.306 e. The second-order valence-electron chi connectivity index (χ2n) is 16.0. The lowest BCUT2D eigenvalue weighted by atomic mass is 10.0. The van der Waals surface area contributed by atoms with Crippen LogP contribution in [0.4, 0.5) is 0 Å². The Labute approximate surface area is 341 Å². The molecule has 0 aliphatic rings. The monoisotopic (exact) mass is 775 g/mol. The molecule has 0 aromatic carbocycles. The molecular weight excluding hydrogens is 685 g/mol. The van der Waals surface area contributed by atoms with Gasteiger partial charge in [0, 0.05) is 19.3 Å². The summed E-state index contributed by atoms with van der Waals surface area (Å²) in [5, 5.41) is 0. The van der Waals surface area contributed by atoms with Crippen LogP contribution in [0.5, 0.6) is 0 Å². The third-order valence-electron chi connectivity index (χ3n) is 10.5. The molecule has 0 aliphatic heterocycles. The number of carbonyl (C=O) groups is 3. The molecule has 322 valence electrons. The van der Waals surface area contributed by atoms with Crippen LogP contribution >= 0.6 is 0 Å². The molecule has 1 atom stereocenters. The first kappa shape index (κ1) is 52.9. The first-order valence-electron chi connectivity index (χ1n) is 23.8. The SMILES string of the molecule is CC/C=C\C/C=C\CCCCC(=O)OCC(COC(=O)CCCCCCCCCCCCCCCCCCCC)OC(=O)CCCCCCCCCCCC. The van der Waals surface area contributed by atoms with Gasteiger partial charge in [0.05, 0.1) is 0 Å². The highest BCUT2D eigenvalue weighted by atomic mass is 16.6. The van der Waals surface area contributed by atoms with Crippen LogP contribution in [0.25, 0.3) is 0 Å². The Morgan fingerprint density at radius 3 is 1.09 bits per heavy atom. The highest BCUT2D eigenvalue weighted by molar-refractivity contribution is 5.71. The summed E-state index contributed by atoms with van der Waals surface area (Å²) in [4.78, 5) is 37.7. The van der Waals surface area contributed by atoms with Gasteiger partial charge in [0.25, 0.3) is 0 Å². The number of allylic oxidation sites excluding steroid dienone is 4. The van der Waals surface area contributed by atoms with E-state index in [1.165, 1.54) is 141 Å². The van der Waals surface area contributed by atoms with Gasteiger partial charge >= 0.3 is 17.9 Å². The zero-order chi connectivity index (χ0) is 40.1. The number of rotatable bonds is 43. The average Bonchev–Trinajstić information content (AvgIpc) is 3.18. The normalized spacial score (nSPS) is 12.1. The van der Waals surface area contributed by atoms with Crippen LogP contribution in [0.1, 0.15) is 252 Å².